The Morgan fingerprint density at radius 3 is 2.24 bits per heavy atom. The summed E-state index contributed by atoms with van der Waals surface area (Å²) in [4.78, 5) is 28.3. The molecule has 6 rings (SSSR count). The minimum absolute atomic E-state index is 0.00535. The van der Waals surface area contributed by atoms with Gasteiger partial charge < -0.3 is 9.64 Å². The topological polar surface area (TPSA) is 68.2 Å². The fourth-order valence-electron chi connectivity index (χ4n) is 6.32. The van der Waals surface area contributed by atoms with E-state index in [-0.39, 0.29) is 29.6 Å². The van der Waals surface area contributed by atoms with Gasteiger partial charge in [-0.05, 0) is 75.1 Å². The van der Waals surface area contributed by atoms with Crippen molar-refractivity contribution < 1.29 is 27.1 Å². The van der Waals surface area contributed by atoms with Gasteiger partial charge in [0.15, 0.2) is 11.6 Å². The lowest BCUT2D eigenvalue weighted by atomic mass is 9.52. The first-order chi connectivity index (χ1) is 20.0. The highest BCUT2D eigenvalue weighted by Crippen LogP contribution is 2.58. The van der Waals surface area contributed by atoms with Crippen LogP contribution in [0, 0.1) is 5.41 Å². The Balaban J connectivity index is 1.37. The number of fused-ring (bicyclic) bond motifs is 3. The minimum atomic E-state index is -4.42. The molecule has 1 amide bonds. The molecule has 3 aliphatic carbocycles. The zero-order valence-electron chi connectivity index (χ0n) is 23.6. The summed E-state index contributed by atoms with van der Waals surface area (Å²) < 4.78 is 58.2. The summed E-state index contributed by atoms with van der Waals surface area (Å²) in [7, 11) is 0. The molecule has 0 aliphatic heterocycles. The summed E-state index contributed by atoms with van der Waals surface area (Å²) in [6.07, 6.45) is 4.48. The monoisotopic (exact) mass is 582 g/mol. The summed E-state index contributed by atoms with van der Waals surface area (Å²) in [6.45, 7) is 6.16. The molecule has 0 unspecified atom stereocenters. The molecule has 0 radical (unpaired) electrons. The number of aromatic nitrogens is 3. The average Bonchev–Trinajstić information content (AvgIpc) is 3.00. The Kier molecular flexibility index (Phi) is 8.35. The number of nitrogens with zero attached hydrogens (tertiary/aromatic N) is 4. The number of benzene rings is 1. The van der Waals surface area contributed by atoms with E-state index in [2.05, 4.69) is 21.5 Å². The van der Waals surface area contributed by atoms with Crippen molar-refractivity contribution in [1.29, 1.82) is 0 Å². The fraction of sp³-hybridized carbons (Fsp3) is 0.438. The number of alkyl halides is 3. The van der Waals surface area contributed by atoms with Crippen LogP contribution in [-0.4, -0.2) is 34.0 Å². The zero-order chi connectivity index (χ0) is 30.0. The van der Waals surface area contributed by atoms with Crippen LogP contribution in [0.1, 0.15) is 69.5 Å². The van der Waals surface area contributed by atoms with E-state index in [1.807, 2.05) is 31.2 Å². The Morgan fingerprint density at radius 1 is 0.976 bits per heavy atom. The highest BCUT2D eigenvalue weighted by molar-refractivity contribution is 5.94. The number of hydrogen-bond donors (Lipinski definition) is 0. The van der Waals surface area contributed by atoms with Gasteiger partial charge in [0.1, 0.15) is 0 Å². The molecule has 2 aromatic heterocycles. The lowest BCUT2D eigenvalue weighted by Crippen LogP contribution is -2.51. The quantitative estimate of drug-likeness (QED) is 0.228. The first-order valence-electron chi connectivity index (χ1n) is 14.3. The van der Waals surface area contributed by atoms with E-state index in [0.717, 1.165) is 56.4 Å². The van der Waals surface area contributed by atoms with Crippen LogP contribution in [0.15, 0.2) is 67.4 Å². The van der Waals surface area contributed by atoms with E-state index < -0.39 is 17.6 Å². The highest BCUT2D eigenvalue weighted by Gasteiger charge is 2.51. The molecule has 0 spiro atoms. The molecular formula is C32H34F4N4O2. The molecule has 3 fully saturated rings. The number of ether oxygens (including phenoxy) is 1. The smallest absolute Gasteiger partial charge is 0.417 e. The Labute approximate surface area is 242 Å². The summed E-state index contributed by atoms with van der Waals surface area (Å²) in [5, 5.41) is 0. The molecule has 2 heterocycles. The SMILES string of the molecule is C=C(F)CCC(=O)N(CC12CCC(c3ccc(C(F)(F)F)cn3)(CC1)CC2)c1cccc(-c2ncc(OCC)cn2)c1. The lowest BCUT2D eigenvalue weighted by molar-refractivity contribution is -0.137. The van der Waals surface area contributed by atoms with Gasteiger partial charge in [0.05, 0.1) is 30.4 Å². The van der Waals surface area contributed by atoms with Gasteiger partial charge in [-0.3, -0.25) is 9.78 Å². The van der Waals surface area contributed by atoms with E-state index in [0.29, 0.717) is 36.1 Å². The summed E-state index contributed by atoms with van der Waals surface area (Å²) in [5.41, 5.74) is 0.980. The molecule has 222 valence electrons. The van der Waals surface area contributed by atoms with Crippen molar-refractivity contribution in [3.05, 3.63) is 78.7 Å². The van der Waals surface area contributed by atoms with Gasteiger partial charge in [-0.15, -0.1) is 0 Å². The second kappa shape index (κ2) is 11.8. The Bertz CT molecular complexity index is 1400. The summed E-state index contributed by atoms with van der Waals surface area (Å²) in [6, 6.07) is 10.1. The van der Waals surface area contributed by atoms with E-state index in [9.17, 15) is 22.4 Å². The molecule has 1 aromatic carbocycles. The van der Waals surface area contributed by atoms with Gasteiger partial charge in [0.25, 0.3) is 0 Å². The van der Waals surface area contributed by atoms with E-state index in [1.165, 1.54) is 6.07 Å². The Morgan fingerprint density at radius 2 is 1.67 bits per heavy atom. The molecular weight excluding hydrogens is 548 g/mol. The highest BCUT2D eigenvalue weighted by atomic mass is 19.4. The number of rotatable bonds is 10. The molecule has 0 saturated heterocycles. The number of amides is 1. The lowest BCUT2D eigenvalue weighted by Gasteiger charge is -2.54. The third-order valence-electron chi connectivity index (χ3n) is 8.80. The van der Waals surface area contributed by atoms with Crippen LogP contribution in [0.2, 0.25) is 0 Å². The van der Waals surface area contributed by atoms with Crippen LogP contribution >= 0.6 is 0 Å². The number of carbonyl (C=O) groups is 1. The molecule has 3 aliphatic rings. The van der Waals surface area contributed by atoms with Gasteiger partial charge >= 0.3 is 6.18 Å². The number of halogens is 4. The van der Waals surface area contributed by atoms with Crippen molar-refractivity contribution in [2.24, 2.45) is 5.41 Å². The number of pyridine rings is 1. The molecule has 10 heteroatoms. The maximum atomic E-state index is 13.5. The first-order valence-corrected chi connectivity index (χ1v) is 14.3. The number of anilines is 1. The Hall–Kier alpha value is -3.82. The van der Waals surface area contributed by atoms with Crippen molar-refractivity contribution in [3.63, 3.8) is 0 Å². The van der Waals surface area contributed by atoms with Gasteiger partial charge in [-0.25, -0.2) is 14.4 Å². The van der Waals surface area contributed by atoms with E-state index in [1.54, 1.807) is 17.3 Å². The standard InChI is InChI=1S/C32H34F4N4O2/c1-3-42-26-19-38-29(39-20-26)23-5-4-6-25(17-23)40(28(41)10-7-22(2)33)21-30-11-14-31(15-12-30,16-13-30)27-9-8-24(18-37-27)32(34,35)36/h4-6,8-9,17-20H,2-3,7,10-16,21H2,1H3. The fourth-order valence-corrected chi connectivity index (χ4v) is 6.32. The first kappa shape index (κ1) is 29.7. The van der Waals surface area contributed by atoms with Crippen LogP contribution in [0.3, 0.4) is 0 Å². The number of carbonyl (C=O) groups excluding carboxylic acids is 1. The summed E-state index contributed by atoms with van der Waals surface area (Å²) >= 11 is 0. The zero-order valence-corrected chi connectivity index (χ0v) is 23.6. The molecule has 42 heavy (non-hydrogen) atoms. The molecule has 0 N–H and O–H groups in total. The third kappa shape index (κ3) is 6.32. The van der Waals surface area contributed by atoms with Crippen molar-refractivity contribution in [2.45, 2.75) is 69.9 Å². The predicted molar refractivity (Wildman–Crippen MR) is 152 cm³/mol. The van der Waals surface area contributed by atoms with Crippen molar-refractivity contribution >= 4 is 11.6 Å². The van der Waals surface area contributed by atoms with Crippen LogP contribution in [0.4, 0.5) is 23.2 Å². The molecule has 2 bridgehead atoms. The van der Waals surface area contributed by atoms with Crippen LogP contribution in [0.25, 0.3) is 11.4 Å². The number of hydrogen-bond acceptors (Lipinski definition) is 5. The van der Waals surface area contributed by atoms with Crippen LogP contribution in [-0.2, 0) is 16.4 Å². The summed E-state index contributed by atoms with van der Waals surface area (Å²) in [5.74, 6) is 0.325. The molecule has 6 nitrogen and oxygen atoms in total. The molecule has 0 atom stereocenters. The normalized spacial score (nSPS) is 21.6. The minimum Gasteiger partial charge on any atom is -0.491 e. The van der Waals surface area contributed by atoms with Gasteiger partial charge in [-0.1, -0.05) is 18.7 Å². The molecule has 3 aromatic rings. The molecule has 3 saturated carbocycles. The number of allylic oxidation sites excluding steroid dienone is 1. The van der Waals surface area contributed by atoms with E-state index in [4.69, 9.17) is 4.74 Å². The maximum Gasteiger partial charge on any atom is 0.417 e. The second-order valence-electron chi connectivity index (χ2n) is 11.4. The van der Waals surface area contributed by atoms with Crippen molar-refractivity contribution in [3.8, 4) is 17.1 Å². The second-order valence-corrected chi connectivity index (χ2v) is 11.4. The van der Waals surface area contributed by atoms with Gasteiger partial charge in [0.2, 0.25) is 5.91 Å². The van der Waals surface area contributed by atoms with Gasteiger partial charge in [-0.2, -0.15) is 13.2 Å². The third-order valence-corrected chi connectivity index (χ3v) is 8.80. The van der Waals surface area contributed by atoms with Crippen LogP contribution < -0.4 is 9.64 Å². The van der Waals surface area contributed by atoms with Crippen molar-refractivity contribution in [2.75, 3.05) is 18.1 Å². The van der Waals surface area contributed by atoms with Crippen LogP contribution in [0.5, 0.6) is 5.75 Å². The van der Waals surface area contributed by atoms with Crippen molar-refractivity contribution in [1.82, 2.24) is 15.0 Å². The predicted octanol–water partition coefficient (Wildman–Crippen LogP) is 7.84. The van der Waals surface area contributed by atoms with Gasteiger partial charge in [0, 0.05) is 47.9 Å². The van der Waals surface area contributed by atoms with E-state index >= 15 is 0 Å². The maximum absolute atomic E-state index is 13.5. The average molecular weight is 583 g/mol. The largest absolute Gasteiger partial charge is 0.491 e.